The van der Waals surface area contributed by atoms with Crippen molar-refractivity contribution < 1.29 is 26.3 Å². The van der Waals surface area contributed by atoms with Gasteiger partial charge in [0.25, 0.3) is 0 Å². The second-order valence-electron chi connectivity index (χ2n) is 10.5. The molecule has 0 aromatic carbocycles. The van der Waals surface area contributed by atoms with Gasteiger partial charge in [0.1, 0.15) is 11.3 Å². The maximum absolute atomic E-state index is 14.0. The molecule has 2 bridgehead atoms. The zero-order chi connectivity index (χ0) is 27.5. The predicted octanol–water partition coefficient (Wildman–Crippen LogP) is 1.69. The van der Waals surface area contributed by atoms with Crippen LogP contribution in [0, 0.1) is 5.92 Å². The maximum atomic E-state index is 14.0. The van der Waals surface area contributed by atoms with Crippen LogP contribution >= 0.6 is 0 Å². The monoisotopic (exact) mass is 566 g/mol. The van der Waals surface area contributed by atoms with Crippen molar-refractivity contribution in [2.45, 2.75) is 25.2 Å². The summed E-state index contributed by atoms with van der Waals surface area (Å²) in [5, 5.41) is 4.49. The highest BCUT2D eigenvalue weighted by atomic mass is 32.2. The number of anilines is 2. The van der Waals surface area contributed by atoms with Gasteiger partial charge in [0.2, 0.25) is 10.0 Å². The summed E-state index contributed by atoms with van der Waals surface area (Å²) in [5.41, 5.74) is 5.99. The number of nitrogens with zero attached hydrogens (tertiary/aromatic N) is 7. The molecule has 11 nitrogen and oxygen atoms in total. The summed E-state index contributed by atoms with van der Waals surface area (Å²) >= 11 is 0. The fourth-order valence-electron chi connectivity index (χ4n) is 5.73. The van der Waals surface area contributed by atoms with Gasteiger partial charge in [0.15, 0.2) is 11.6 Å². The number of nitrogens with two attached hydrogens (primary N) is 1. The number of nitrogen functional groups attached to an aromatic ring is 1. The van der Waals surface area contributed by atoms with Crippen LogP contribution in [-0.4, -0.2) is 95.4 Å². The summed E-state index contributed by atoms with van der Waals surface area (Å²) in [4.78, 5) is 12.8. The van der Waals surface area contributed by atoms with E-state index in [9.17, 15) is 21.6 Å². The number of hydrogen-bond donors (Lipinski definition) is 1. The Balaban J connectivity index is 1.39. The van der Waals surface area contributed by atoms with Gasteiger partial charge in [-0.1, -0.05) is 0 Å². The van der Waals surface area contributed by atoms with E-state index in [2.05, 4.69) is 24.9 Å². The van der Waals surface area contributed by atoms with Crippen LogP contribution in [0.2, 0.25) is 0 Å². The van der Waals surface area contributed by atoms with Crippen LogP contribution < -0.4 is 10.6 Å². The van der Waals surface area contributed by atoms with Crippen molar-refractivity contribution in [3.63, 3.8) is 0 Å². The second kappa shape index (κ2) is 9.57. The van der Waals surface area contributed by atoms with Crippen molar-refractivity contribution in [2.75, 3.05) is 62.8 Å². The number of pyridine rings is 1. The smallest absolute Gasteiger partial charge is 0.384 e. The van der Waals surface area contributed by atoms with Crippen molar-refractivity contribution in [1.29, 1.82) is 0 Å². The van der Waals surface area contributed by atoms with E-state index in [-0.39, 0.29) is 23.2 Å². The number of halogens is 3. The van der Waals surface area contributed by atoms with Gasteiger partial charge in [-0.3, -0.25) is 4.90 Å². The van der Waals surface area contributed by atoms with E-state index in [0.29, 0.717) is 69.7 Å². The number of hydrogen-bond acceptors (Lipinski definition) is 9. The Labute approximate surface area is 223 Å². The summed E-state index contributed by atoms with van der Waals surface area (Å²) in [6.45, 7) is 4.36. The molecule has 39 heavy (non-hydrogen) atoms. The standard InChI is InChI=1S/C24H29F3N8O3S/c1-39(36,37)33-4-2-32(3-5-33)10-15-7-20-23(34-11-16-6-17(34)14-38-13-16)30-22(31-35(20)12-15)18-9-29-21(28)8-19(18)24(25,26)27/h7-9,12,16-17H,2-6,10-11,13-14H2,1H3,(H2,28,29). The number of piperazine rings is 1. The maximum Gasteiger partial charge on any atom is 0.417 e. The van der Waals surface area contributed by atoms with Gasteiger partial charge in [-0.2, -0.15) is 17.5 Å². The molecule has 0 saturated carbocycles. The molecule has 3 aromatic heterocycles. The van der Waals surface area contributed by atoms with Crippen molar-refractivity contribution in [2.24, 2.45) is 5.92 Å². The lowest BCUT2D eigenvalue weighted by atomic mass is 10.1. The number of alkyl halides is 3. The first-order chi connectivity index (χ1) is 18.5. The van der Waals surface area contributed by atoms with Crippen LogP contribution in [-0.2, 0) is 27.5 Å². The molecule has 6 heterocycles. The van der Waals surface area contributed by atoms with E-state index in [4.69, 9.17) is 10.5 Å². The molecule has 0 spiro atoms. The van der Waals surface area contributed by atoms with E-state index in [1.807, 2.05) is 6.07 Å². The lowest BCUT2D eigenvalue weighted by molar-refractivity contribution is -0.137. The lowest BCUT2D eigenvalue weighted by Crippen LogP contribution is -2.47. The molecule has 0 aliphatic carbocycles. The fourth-order valence-corrected chi connectivity index (χ4v) is 6.56. The van der Waals surface area contributed by atoms with Crippen molar-refractivity contribution in [3.05, 3.63) is 35.7 Å². The molecule has 0 radical (unpaired) electrons. The third-order valence-corrected chi connectivity index (χ3v) is 8.92. The molecule has 15 heteroatoms. The van der Waals surface area contributed by atoms with Crippen LogP contribution in [0.15, 0.2) is 24.5 Å². The second-order valence-corrected chi connectivity index (χ2v) is 12.5. The molecular formula is C24H29F3N8O3S. The molecule has 0 amide bonds. The Morgan fingerprint density at radius 2 is 1.92 bits per heavy atom. The third-order valence-electron chi connectivity index (χ3n) is 7.62. The van der Waals surface area contributed by atoms with Crippen LogP contribution in [0.5, 0.6) is 0 Å². The number of fused-ring (bicyclic) bond motifs is 3. The minimum Gasteiger partial charge on any atom is -0.384 e. The molecule has 3 saturated heterocycles. The van der Waals surface area contributed by atoms with Crippen LogP contribution in [0.25, 0.3) is 16.9 Å². The fraction of sp³-hybridized carbons (Fsp3) is 0.542. The molecular weight excluding hydrogens is 537 g/mol. The first-order valence-corrected chi connectivity index (χ1v) is 14.5. The van der Waals surface area contributed by atoms with Crippen molar-refractivity contribution in [3.8, 4) is 11.4 Å². The first kappa shape index (κ1) is 26.2. The van der Waals surface area contributed by atoms with Crippen LogP contribution in [0.1, 0.15) is 17.5 Å². The highest BCUT2D eigenvalue weighted by molar-refractivity contribution is 7.88. The van der Waals surface area contributed by atoms with Gasteiger partial charge in [0.05, 0.1) is 36.6 Å². The minimum absolute atomic E-state index is 0.0735. The molecule has 3 fully saturated rings. The average molecular weight is 567 g/mol. The lowest BCUT2D eigenvalue weighted by Gasteiger charge is -2.32. The number of rotatable bonds is 5. The molecule has 2 unspecified atom stereocenters. The van der Waals surface area contributed by atoms with Gasteiger partial charge < -0.3 is 15.4 Å². The molecule has 210 valence electrons. The Morgan fingerprint density at radius 1 is 1.15 bits per heavy atom. The summed E-state index contributed by atoms with van der Waals surface area (Å²) in [5.74, 6) is 0.545. The van der Waals surface area contributed by atoms with Crippen molar-refractivity contribution in [1.82, 2.24) is 28.8 Å². The Kier molecular flexibility index (Phi) is 6.44. The predicted molar refractivity (Wildman–Crippen MR) is 137 cm³/mol. The Morgan fingerprint density at radius 3 is 2.62 bits per heavy atom. The van der Waals surface area contributed by atoms with Crippen LogP contribution in [0.3, 0.4) is 0 Å². The first-order valence-electron chi connectivity index (χ1n) is 12.7. The molecule has 6 rings (SSSR count). The zero-order valence-electron chi connectivity index (χ0n) is 21.3. The normalized spacial score (nSPS) is 23.1. The van der Waals surface area contributed by atoms with Gasteiger partial charge in [-0.25, -0.2) is 22.9 Å². The van der Waals surface area contributed by atoms with E-state index in [1.54, 1.807) is 10.7 Å². The highest BCUT2D eigenvalue weighted by Gasteiger charge is 2.39. The molecule has 3 aliphatic rings. The largest absolute Gasteiger partial charge is 0.417 e. The molecule has 2 N–H and O–H groups in total. The zero-order valence-corrected chi connectivity index (χ0v) is 22.1. The summed E-state index contributed by atoms with van der Waals surface area (Å²) in [6.07, 6.45) is 0.337. The Hall–Kier alpha value is -3.01. The molecule has 3 aliphatic heterocycles. The summed E-state index contributed by atoms with van der Waals surface area (Å²) < 4.78 is 74.3. The van der Waals surface area contributed by atoms with E-state index in [1.165, 1.54) is 10.6 Å². The summed E-state index contributed by atoms with van der Waals surface area (Å²) in [7, 11) is -3.24. The number of ether oxygens (including phenoxy) is 1. The minimum atomic E-state index is -4.67. The van der Waals surface area contributed by atoms with Gasteiger partial charge in [-0.05, 0) is 24.1 Å². The topological polar surface area (TPSA) is 122 Å². The van der Waals surface area contributed by atoms with Crippen LogP contribution in [0.4, 0.5) is 24.8 Å². The van der Waals surface area contributed by atoms with Crippen molar-refractivity contribution >= 4 is 27.2 Å². The van der Waals surface area contributed by atoms with Gasteiger partial charge >= 0.3 is 6.18 Å². The SMILES string of the molecule is CS(=O)(=O)N1CCN(Cc2cc3c(N4CC5COCC4C5)nc(-c4cnc(N)cc4C(F)(F)F)nn3c2)CC1. The Bertz CT molecular complexity index is 1500. The van der Waals surface area contributed by atoms with E-state index >= 15 is 0 Å². The van der Waals surface area contributed by atoms with E-state index in [0.717, 1.165) is 24.2 Å². The summed E-state index contributed by atoms with van der Waals surface area (Å²) in [6, 6.07) is 2.83. The number of aromatic nitrogens is 4. The average Bonchev–Trinajstić information content (AvgIpc) is 3.41. The van der Waals surface area contributed by atoms with Gasteiger partial charge in [0, 0.05) is 57.6 Å². The van der Waals surface area contributed by atoms with E-state index < -0.39 is 21.8 Å². The highest BCUT2D eigenvalue weighted by Crippen LogP contribution is 2.39. The number of sulfonamides is 1. The quantitative estimate of drug-likeness (QED) is 0.492. The van der Waals surface area contributed by atoms with Gasteiger partial charge in [-0.15, -0.1) is 5.10 Å². The molecule has 2 atom stereocenters. The third kappa shape index (κ3) is 5.15. The molecule has 3 aromatic rings.